The van der Waals surface area contributed by atoms with Crippen LogP contribution in [-0.4, -0.2) is 48.2 Å². The van der Waals surface area contributed by atoms with Crippen LogP contribution >= 0.6 is 0 Å². The number of furan rings is 1. The van der Waals surface area contributed by atoms with Gasteiger partial charge in [-0.2, -0.15) is 0 Å². The molecule has 1 aromatic rings. The molecule has 0 saturated carbocycles. The second kappa shape index (κ2) is 4.07. The van der Waals surface area contributed by atoms with E-state index in [9.17, 15) is 4.79 Å². The van der Waals surface area contributed by atoms with Gasteiger partial charge in [0.25, 0.3) is 0 Å². The third-order valence-corrected chi connectivity index (χ3v) is 3.43. The van der Waals surface area contributed by atoms with E-state index in [2.05, 4.69) is 30.7 Å². The van der Waals surface area contributed by atoms with E-state index in [1.165, 1.54) is 6.07 Å². The highest BCUT2D eigenvalue weighted by molar-refractivity contribution is 5.84. The Labute approximate surface area is 101 Å². The predicted molar refractivity (Wildman–Crippen MR) is 64.6 cm³/mol. The number of carbonyl (C=O) groups is 1. The zero-order valence-electron chi connectivity index (χ0n) is 10.4. The van der Waals surface area contributed by atoms with Crippen LogP contribution in [0.1, 0.15) is 24.4 Å². The molecule has 94 valence electrons. The summed E-state index contributed by atoms with van der Waals surface area (Å²) in [6, 6.07) is 3.23. The second-order valence-corrected chi connectivity index (χ2v) is 5.10. The minimum atomic E-state index is -1.02. The molecule has 5 nitrogen and oxygen atoms in total. The SMILES string of the molecule is CN1CCN(c2ccc(C(=O)O)o2)CC1(C)C. The van der Waals surface area contributed by atoms with Gasteiger partial charge in [0.2, 0.25) is 5.76 Å². The first-order chi connectivity index (χ1) is 7.90. The zero-order valence-corrected chi connectivity index (χ0v) is 10.4. The Hall–Kier alpha value is -1.49. The highest BCUT2D eigenvalue weighted by Gasteiger charge is 2.32. The van der Waals surface area contributed by atoms with Gasteiger partial charge in [-0.1, -0.05) is 0 Å². The topological polar surface area (TPSA) is 56.9 Å². The second-order valence-electron chi connectivity index (χ2n) is 5.10. The van der Waals surface area contributed by atoms with Crippen molar-refractivity contribution in [3.63, 3.8) is 0 Å². The molecule has 0 bridgehead atoms. The molecule has 0 amide bonds. The van der Waals surface area contributed by atoms with E-state index in [0.717, 1.165) is 19.6 Å². The maximum atomic E-state index is 10.8. The van der Waals surface area contributed by atoms with E-state index < -0.39 is 5.97 Å². The predicted octanol–water partition coefficient (Wildman–Crippen LogP) is 1.51. The van der Waals surface area contributed by atoms with Crippen LogP contribution < -0.4 is 4.90 Å². The zero-order chi connectivity index (χ0) is 12.6. The van der Waals surface area contributed by atoms with Crippen molar-refractivity contribution in [2.24, 2.45) is 0 Å². The maximum absolute atomic E-state index is 10.8. The number of carboxylic acids is 1. The van der Waals surface area contributed by atoms with Crippen molar-refractivity contribution >= 4 is 11.9 Å². The third-order valence-electron chi connectivity index (χ3n) is 3.43. The molecule has 1 fully saturated rings. The van der Waals surface area contributed by atoms with Gasteiger partial charge in [-0.3, -0.25) is 4.90 Å². The summed E-state index contributed by atoms with van der Waals surface area (Å²) in [5, 5.41) is 8.82. The number of piperazine rings is 1. The summed E-state index contributed by atoms with van der Waals surface area (Å²) in [4.78, 5) is 15.1. The molecule has 5 heteroatoms. The number of carboxylic acid groups (broad SMARTS) is 1. The summed E-state index contributed by atoms with van der Waals surface area (Å²) in [6.07, 6.45) is 0. The van der Waals surface area contributed by atoms with E-state index in [0.29, 0.717) is 5.88 Å². The Morgan fingerprint density at radius 3 is 2.65 bits per heavy atom. The van der Waals surface area contributed by atoms with Crippen LogP contribution in [0.4, 0.5) is 5.88 Å². The van der Waals surface area contributed by atoms with Crippen LogP contribution in [0.5, 0.6) is 0 Å². The molecule has 1 saturated heterocycles. The van der Waals surface area contributed by atoms with E-state index >= 15 is 0 Å². The molecule has 0 aliphatic carbocycles. The Kier molecular flexibility index (Phi) is 2.87. The number of nitrogens with zero attached hydrogens (tertiary/aromatic N) is 2. The quantitative estimate of drug-likeness (QED) is 0.846. The molecule has 0 atom stereocenters. The summed E-state index contributed by atoms with van der Waals surface area (Å²) in [7, 11) is 2.10. The van der Waals surface area contributed by atoms with Gasteiger partial charge in [-0.25, -0.2) is 4.79 Å². The van der Waals surface area contributed by atoms with Crippen molar-refractivity contribution in [3.8, 4) is 0 Å². The summed E-state index contributed by atoms with van der Waals surface area (Å²) in [6.45, 7) is 6.96. The van der Waals surface area contributed by atoms with E-state index in [1.807, 2.05) is 0 Å². The largest absolute Gasteiger partial charge is 0.475 e. The fourth-order valence-corrected chi connectivity index (χ4v) is 2.04. The first kappa shape index (κ1) is 12.0. The summed E-state index contributed by atoms with van der Waals surface area (Å²) in [5.41, 5.74) is 0.0639. The Morgan fingerprint density at radius 1 is 1.41 bits per heavy atom. The molecule has 0 aromatic carbocycles. The van der Waals surface area contributed by atoms with Gasteiger partial charge in [-0.15, -0.1) is 0 Å². The summed E-state index contributed by atoms with van der Waals surface area (Å²) in [5.74, 6) is -0.384. The van der Waals surface area contributed by atoms with Crippen LogP contribution in [0.25, 0.3) is 0 Å². The average Bonchev–Trinajstić information content (AvgIpc) is 2.71. The minimum Gasteiger partial charge on any atom is -0.475 e. The van der Waals surface area contributed by atoms with Crippen molar-refractivity contribution in [1.29, 1.82) is 0 Å². The van der Waals surface area contributed by atoms with E-state index in [-0.39, 0.29) is 11.3 Å². The standard InChI is InChI=1S/C12H18N2O3/c1-12(2)8-14(7-6-13(12)3)10-5-4-9(17-10)11(15)16/h4-5H,6-8H2,1-3H3,(H,15,16). The number of rotatable bonds is 2. The molecular formula is C12H18N2O3. The first-order valence-electron chi connectivity index (χ1n) is 5.69. The molecule has 0 unspecified atom stereocenters. The molecule has 1 aliphatic heterocycles. The number of aromatic carboxylic acids is 1. The van der Waals surface area contributed by atoms with Crippen LogP contribution in [0.15, 0.2) is 16.5 Å². The van der Waals surface area contributed by atoms with Crippen molar-refractivity contribution in [3.05, 3.63) is 17.9 Å². The fourth-order valence-electron chi connectivity index (χ4n) is 2.04. The summed E-state index contributed by atoms with van der Waals surface area (Å²) < 4.78 is 5.32. The minimum absolute atomic E-state index is 0.00302. The van der Waals surface area contributed by atoms with Crippen LogP contribution in [0.3, 0.4) is 0 Å². The van der Waals surface area contributed by atoms with Crippen molar-refractivity contribution in [2.75, 3.05) is 31.6 Å². The molecule has 0 spiro atoms. The monoisotopic (exact) mass is 238 g/mol. The van der Waals surface area contributed by atoms with Gasteiger partial charge in [0, 0.05) is 31.2 Å². The number of likely N-dealkylation sites (N-methyl/N-ethyl adjacent to an activating group) is 1. The molecular weight excluding hydrogens is 220 g/mol. The third kappa shape index (κ3) is 2.29. The molecule has 2 rings (SSSR count). The lowest BCUT2D eigenvalue weighted by molar-refractivity contribution is 0.0662. The molecule has 1 aliphatic rings. The smallest absolute Gasteiger partial charge is 0.371 e. The normalized spacial score (nSPS) is 20.5. The molecule has 17 heavy (non-hydrogen) atoms. The van der Waals surface area contributed by atoms with Crippen LogP contribution in [0.2, 0.25) is 0 Å². The maximum Gasteiger partial charge on any atom is 0.371 e. The van der Waals surface area contributed by atoms with E-state index in [4.69, 9.17) is 9.52 Å². The molecule has 0 radical (unpaired) electrons. The summed E-state index contributed by atoms with van der Waals surface area (Å²) >= 11 is 0. The van der Waals surface area contributed by atoms with Crippen LogP contribution in [-0.2, 0) is 0 Å². The Morgan fingerprint density at radius 2 is 2.12 bits per heavy atom. The number of hydrogen-bond acceptors (Lipinski definition) is 4. The lowest BCUT2D eigenvalue weighted by atomic mass is 10.00. The van der Waals surface area contributed by atoms with Crippen LogP contribution in [0, 0.1) is 0 Å². The number of anilines is 1. The van der Waals surface area contributed by atoms with E-state index in [1.54, 1.807) is 6.07 Å². The fraction of sp³-hybridized carbons (Fsp3) is 0.583. The Bertz CT molecular complexity index is 425. The molecule has 2 heterocycles. The average molecular weight is 238 g/mol. The highest BCUT2D eigenvalue weighted by Crippen LogP contribution is 2.25. The van der Waals surface area contributed by atoms with Gasteiger partial charge in [0.05, 0.1) is 0 Å². The van der Waals surface area contributed by atoms with Gasteiger partial charge in [0.15, 0.2) is 5.88 Å². The molecule has 1 aromatic heterocycles. The Balaban J connectivity index is 2.15. The van der Waals surface area contributed by atoms with Crippen molar-refractivity contribution < 1.29 is 14.3 Å². The number of hydrogen-bond donors (Lipinski definition) is 1. The van der Waals surface area contributed by atoms with Crippen molar-refractivity contribution in [1.82, 2.24) is 4.90 Å². The van der Waals surface area contributed by atoms with Gasteiger partial charge < -0.3 is 14.4 Å². The lowest BCUT2D eigenvalue weighted by Crippen LogP contribution is -2.57. The lowest BCUT2D eigenvalue weighted by Gasteiger charge is -2.45. The van der Waals surface area contributed by atoms with Crippen molar-refractivity contribution in [2.45, 2.75) is 19.4 Å². The van der Waals surface area contributed by atoms with Gasteiger partial charge in [0.1, 0.15) is 0 Å². The van der Waals surface area contributed by atoms with Gasteiger partial charge >= 0.3 is 5.97 Å². The highest BCUT2D eigenvalue weighted by atomic mass is 16.4. The molecule has 1 N–H and O–H groups in total. The van der Waals surface area contributed by atoms with Gasteiger partial charge in [-0.05, 0) is 27.0 Å². The first-order valence-corrected chi connectivity index (χ1v) is 5.69.